The lowest BCUT2D eigenvalue weighted by molar-refractivity contribution is 0.0594. The van der Waals surface area contributed by atoms with E-state index >= 15 is 0 Å². The number of aromatic carboxylic acids is 1. The highest BCUT2D eigenvalue weighted by Crippen LogP contribution is 2.23. The number of carbonyl (C=O) groups is 2. The Balaban J connectivity index is 2.40. The van der Waals surface area contributed by atoms with Gasteiger partial charge in [0.05, 0.1) is 18.4 Å². The zero-order valence-corrected chi connectivity index (χ0v) is 13.6. The predicted molar refractivity (Wildman–Crippen MR) is 87.3 cm³/mol. The van der Waals surface area contributed by atoms with E-state index in [4.69, 9.17) is 9.47 Å². The number of methoxy groups -OCH3 is 1. The fraction of sp³-hybridized carbons (Fsp3) is 0.278. The van der Waals surface area contributed by atoms with Crippen molar-refractivity contribution in [3.8, 4) is 5.88 Å². The third-order valence-electron chi connectivity index (χ3n) is 3.41. The lowest BCUT2D eigenvalue weighted by Gasteiger charge is -2.13. The Hall–Kier alpha value is -2.89. The van der Waals surface area contributed by atoms with Crippen LogP contribution in [-0.4, -0.2) is 29.1 Å². The minimum atomic E-state index is -1.13. The lowest BCUT2D eigenvalue weighted by Crippen LogP contribution is -2.13. The van der Waals surface area contributed by atoms with E-state index in [2.05, 4.69) is 4.98 Å². The highest BCUT2D eigenvalue weighted by Gasteiger charge is 2.22. The summed E-state index contributed by atoms with van der Waals surface area (Å²) in [6, 6.07) is 10.7. The molecule has 1 N–H and O–H groups in total. The van der Waals surface area contributed by atoms with Crippen LogP contribution in [-0.2, 0) is 17.8 Å². The van der Waals surface area contributed by atoms with E-state index in [1.54, 1.807) is 0 Å². The topological polar surface area (TPSA) is 85.7 Å². The van der Waals surface area contributed by atoms with E-state index in [-0.39, 0.29) is 23.6 Å². The van der Waals surface area contributed by atoms with Gasteiger partial charge in [0.1, 0.15) is 12.2 Å². The van der Waals surface area contributed by atoms with E-state index < -0.39 is 11.9 Å². The van der Waals surface area contributed by atoms with Crippen molar-refractivity contribution in [2.75, 3.05) is 7.11 Å². The third-order valence-corrected chi connectivity index (χ3v) is 3.41. The first-order valence-corrected chi connectivity index (χ1v) is 7.59. The molecule has 0 saturated carbocycles. The number of carbonyl (C=O) groups excluding carboxylic acids is 1. The molecule has 0 radical (unpaired) electrons. The lowest BCUT2D eigenvalue weighted by atomic mass is 10.1. The molecule has 0 amide bonds. The number of ether oxygens (including phenoxy) is 2. The molecule has 1 heterocycles. The van der Waals surface area contributed by atoms with Gasteiger partial charge in [0, 0.05) is 0 Å². The number of esters is 1. The fourth-order valence-electron chi connectivity index (χ4n) is 2.24. The summed E-state index contributed by atoms with van der Waals surface area (Å²) < 4.78 is 10.4. The Morgan fingerprint density at radius 3 is 2.46 bits per heavy atom. The number of nitrogens with zero attached hydrogens (tertiary/aromatic N) is 1. The number of rotatable bonds is 7. The van der Waals surface area contributed by atoms with Gasteiger partial charge in [-0.3, -0.25) is 0 Å². The minimum Gasteiger partial charge on any atom is -0.478 e. The smallest absolute Gasteiger partial charge is 0.343 e. The summed E-state index contributed by atoms with van der Waals surface area (Å²) in [5, 5.41) is 9.34. The van der Waals surface area contributed by atoms with Crippen LogP contribution < -0.4 is 4.74 Å². The van der Waals surface area contributed by atoms with Gasteiger partial charge in [0.25, 0.3) is 0 Å². The van der Waals surface area contributed by atoms with E-state index in [0.29, 0.717) is 12.1 Å². The first-order valence-electron chi connectivity index (χ1n) is 7.59. The monoisotopic (exact) mass is 329 g/mol. The second-order valence-corrected chi connectivity index (χ2v) is 5.16. The zero-order valence-electron chi connectivity index (χ0n) is 13.6. The number of aryl methyl sites for hydroxylation is 1. The number of carboxylic acids is 1. The Morgan fingerprint density at radius 1 is 1.17 bits per heavy atom. The van der Waals surface area contributed by atoms with Crippen LogP contribution in [0.15, 0.2) is 36.4 Å². The van der Waals surface area contributed by atoms with Gasteiger partial charge >= 0.3 is 11.9 Å². The number of aromatic nitrogens is 1. The van der Waals surface area contributed by atoms with Crippen LogP contribution in [0, 0.1) is 0 Å². The van der Waals surface area contributed by atoms with E-state index in [1.165, 1.54) is 13.2 Å². The van der Waals surface area contributed by atoms with Gasteiger partial charge in [0.15, 0.2) is 0 Å². The molecule has 0 unspecified atom stereocenters. The first kappa shape index (κ1) is 17.5. The van der Waals surface area contributed by atoms with Crippen LogP contribution in [0.2, 0.25) is 0 Å². The molecule has 0 aliphatic rings. The fourth-order valence-corrected chi connectivity index (χ4v) is 2.24. The van der Waals surface area contributed by atoms with Crippen LogP contribution in [0.4, 0.5) is 0 Å². The van der Waals surface area contributed by atoms with Crippen molar-refractivity contribution in [2.45, 2.75) is 26.4 Å². The van der Waals surface area contributed by atoms with Gasteiger partial charge in [-0.25, -0.2) is 14.6 Å². The van der Waals surface area contributed by atoms with Crippen molar-refractivity contribution in [1.29, 1.82) is 0 Å². The minimum absolute atomic E-state index is 0.00526. The van der Waals surface area contributed by atoms with Gasteiger partial charge in [-0.15, -0.1) is 0 Å². The predicted octanol–water partition coefficient (Wildman–Crippen LogP) is 3.10. The van der Waals surface area contributed by atoms with E-state index in [0.717, 1.165) is 12.0 Å². The molecular weight excluding hydrogens is 310 g/mol. The van der Waals surface area contributed by atoms with E-state index in [1.807, 2.05) is 37.3 Å². The van der Waals surface area contributed by atoms with Crippen LogP contribution in [0.3, 0.4) is 0 Å². The molecule has 0 atom stereocenters. The molecule has 0 spiro atoms. The second-order valence-electron chi connectivity index (χ2n) is 5.16. The number of carboxylic acid groups (broad SMARTS) is 1. The van der Waals surface area contributed by atoms with Crippen molar-refractivity contribution < 1.29 is 24.2 Å². The highest BCUT2D eigenvalue weighted by molar-refractivity contribution is 5.96. The van der Waals surface area contributed by atoms with Crippen LogP contribution in [0.1, 0.15) is 45.3 Å². The number of hydrogen-bond donors (Lipinski definition) is 1. The van der Waals surface area contributed by atoms with E-state index in [9.17, 15) is 14.7 Å². The average molecular weight is 329 g/mol. The van der Waals surface area contributed by atoms with Gasteiger partial charge in [-0.2, -0.15) is 0 Å². The third kappa shape index (κ3) is 4.10. The molecular formula is C18H19NO5. The quantitative estimate of drug-likeness (QED) is 0.786. The Morgan fingerprint density at radius 2 is 1.88 bits per heavy atom. The molecule has 6 nitrogen and oxygen atoms in total. The standard InChI is InChI=1S/C18H19NO5/c1-3-7-15-13(17(20)21)10-14(18(22)23-2)16(19-15)24-11-12-8-5-4-6-9-12/h4-6,8-10H,3,7,11H2,1-2H3,(H,20,21). The maximum absolute atomic E-state index is 12.0. The Kier molecular flexibility index (Phi) is 5.89. The van der Waals surface area contributed by atoms with Crippen molar-refractivity contribution in [2.24, 2.45) is 0 Å². The van der Waals surface area contributed by atoms with Gasteiger partial charge in [0.2, 0.25) is 5.88 Å². The molecule has 24 heavy (non-hydrogen) atoms. The van der Waals surface area contributed by atoms with Crippen LogP contribution >= 0.6 is 0 Å². The van der Waals surface area contributed by atoms with Crippen molar-refractivity contribution in [3.63, 3.8) is 0 Å². The van der Waals surface area contributed by atoms with Crippen molar-refractivity contribution in [1.82, 2.24) is 4.98 Å². The highest BCUT2D eigenvalue weighted by atomic mass is 16.5. The van der Waals surface area contributed by atoms with Crippen molar-refractivity contribution >= 4 is 11.9 Å². The molecule has 1 aromatic carbocycles. The molecule has 0 bridgehead atoms. The summed E-state index contributed by atoms with van der Waals surface area (Å²) in [5.41, 5.74) is 1.30. The number of hydrogen-bond acceptors (Lipinski definition) is 5. The summed E-state index contributed by atoms with van der Waals surface area (Å²) in [7, 11) is 1.23. The maximum Gasteiger partial charge on any atom is 0.343 e. The largest absolute Gasteiger partial charge is 0.478 e. The average Bonchev–Trinajstić information content (AvgIpc) is 2.60. The molecule has 0 saturated heterocycles. The summed E-state index contributed by atoms with van der Waals surface area (Å²) >= 11 is 0. The molecule has 2 aromatic rings. The first-order chi connectivity index (χ1) is 11.6. The normalized spacial score (nSPS) is 10.2. The van der Waals surface area contributed by atoms with Crippen molar-refractivity contribution in [3.05, 3.63) is 58.8 Å². The molecule has 0 aliphatic carbocycles. The van der Waals surface area contributed by atoms with Crippen LogP contribution in [0.5, 0.6) is 5.88 Å². The molecule has 6 heteroatoms. The van der Waals surface area contributed by atoms with Crippen LogP contribution in [0.25, 0.3) is 0 Å². The molecule has 0 fully saturated rings. The maximum atomic E-state index is 12.0. The van der Waals surface area contributed by atoms with Gasteiger partial charge in [-0.1, -0.05) is 43.7 Å². The Bertz CT molecular complexity index is 728. The summed E-state index contributed by atoms with van der Waals surface area (Å²) in [5.74, 6) is -1.74. The summed E-state index contributed by atoms with van der Waals surface area (Å²) in [6.07, 6.45) is 1.20. The SMILES string of the molecule is CCCc1nc(OCc2ccccc2)c(C(=O)OC)cc1C(=O)O. The summed E-state index contributed by atoms with van der Waals surface area (Å²) in [4.78, 5) is 27.6. The molecule has 0 aliphatic heterocycles. The second kappa shape index (κ2) is 8.10. The zero-order chi connectivity index (χ0) is 17.5. The molecule has 2 rings (SSSR count). The number of benzene rings is 1. The molecule has 126 valence electrons. The van der Waals surface area contributed by atoms with Gasteiger partial charge < -0.3 is 14.6 Å². The Labute approximate surface area is 140 Å². The van der Waals surface area contributed by atoms with Gasteiger partial charge in [-0.05, 0) is 18.1 Å². The summed E-state index contributed by atoms with van der Waals surface area (Å²) in [6.45, 7) is 2.14. The molecule has 1 aromatic heterocycles. The number of pyridine rings is 1.